The number of hydrogen-bond donors (Lipinski definition) is 1. The second-order valence-electron chi connectivity index (χ2n) is 6.97. The highest BCUT2D eigenvalue weighted by Crippen LogP contribution is 2.26. The van der Waals surface area contributed by atoms with Crippen molar-refractivity contribution in [3.8, 4) is 0 Å². The quantitative estimate of drug-likeness (QED) is 0.660. The standard InChI is InChI=1S/C21H21N5O3/c1-15-7-9-17(10-8-15)24-11-12-25-19(28)20(29)26(23-21(24)25)14-18(27)22-13-16-5-3-2-4-6-16/h2-10H,11-14H2,1H3,(H,22,27). The van der Waals surface area contributed by atoms with Gasteiger partial charge in [-0.25, -0.2) is 4.68 Å². The number of aryl methyl sites for hydroxylation is 1. The van der Waals surface area contributed by atoms with E-state index < -0.39 is 11.1 Å². The highest BCUT2D eigenvalue weighted by atomic mass is 16.2. The second-order valence-corrected chi connectivity index (χ2v) is 6.97. The lowest BCUT2D eigenvalue weighted by Gasteiger charge is -2.18. The topological polar surface area (TPSA) is 89.2 Å². The van der Waals surface area contributed by atoms with Crippen molar-refractivity contribution < 1.29 is 4.79 Å². The van der Waals surface area contributed by atoms with Crippen LogP contribution in [-0.2, 0) is 24.4 Å². The van der Waals surface area contributed by atoms with Gasteiger partial charge in [0.15, 0.2) is 0 Å². The zero-order valence-corrected chi connectivity index (χ0v) is 16.0. The smallest absolute Gasteiger partial charge is 0.333 e. The third-order valence-corrected chi connectivity index (χ3v) is 4.87. The monoisotopic (exact) mass is 391 g/mol. The lowest BCUT2D eigenvalue weighted by Crippen LogP contribution is -2.44. The predicted molar refractivity (Wildman–Crippen MR) is 109 cm³/mol. The minimum absolute atomic E-state index is 0.309. The Hall–Kier alpha value is -3.68. The number of nitrogens with one attached hydrogen (secondary N) is 1. The van der Waals surface area contributed by atoms with Gasteiger partial charge >= 0.3 is 11.1 Å². The van der Waals surface area contributed by atoms with Crippen molar-refractivity contribution in [1.82, 2.24) is 19.7 Å². The molecular formula is C21H21N5O3. The molecule has 29 heavy (non-hydrogen) atoms. The summed E-state index contributed by atoms with van der Waals surface area (Å²) in [5.74, 6) is -0.0120. The number of hydrogen-bond acceptors (Lipinski definition) is 5. The van der Waals surface area contributed by atoms with Crippen molar-refractivity contribution in [3.63, 3.8) is 0 Å². The van der Waals surface area contributed by atoms with Crippen molar-refractivity contribution in [2.24, 2.45) is 0 Å². The highest BCUT2D eigenvalue weighted by molar-refractivity contribution is 5.75. The summed E-state index contributed by atoms with van der Waals surface area (Å²) in [4.78, 5) is 39.1. The van der Waals surface area contributed by atoms with Crippen LogP contribution >= 0.6 is 0 Å². The van der Waals surface area contributed by atoms with Crippen molar-refractivity contribution in [1.29, 1.82) is 0 Å². The normalized spacial score (nSPS) is 12.7. The van der Waals surface area contributed by atoms with Crippen LogP contribution in [0.1, 0.15) is 11.1 Å². The maximum atomic E-state index is 12.5. The SMILES string of the molecule is Cc1ccc(N2CCn3c2nn(CC(=O)NCc2ccccc2)c(=O)c3=O)cc1. The third-order valence-electron chi connectivity index (χ3n) is 4.87. The Morgan fingerprint density at radius 3 is 2.45 bits per heavy atom. The number of aromatic nitrogens is 3. The molecule has 1 aromatic heterocycles. The molecule has 0 fully saturated rings. The highest BCUT2D eigenvalue weighted by Gasteiger charge is 2.26. The zero-order chi connectivity index (χ0) is 20.4. The minimum Gasteiger partial charge on any atom is -0.350 e. The first-order valence-corrected chi connectivity index (χ1v) is 9.40. The molecule has 0 saturated carbocycles. The molecule has 4 rings (SSSR count). The molecule has 8 heteroatoms. The van der Waals surface area contributed by atoms with Gasteiger partial charge in [-0.1, -0.05) is 48.0 Å². The lowest BCUT2D eigenvalue weighted by molar-refractivity contribution is -0.122. The molecular weight excluding hydrogens is 370 g/mol. The fourth-order valence-corrected chi connectivity index (χ4v) is 3.29. The van der Waals surface area contributed by atoms with Crippen LogP contribution in [0.15, 0.2) is 64.2 Å². The number of rotatable bonds is 5. The van der Waals surface area contributed by atoms with Crippen LogP contribution in [0.25, 0.3) is 0 Å². The molecule has 2 aromatic carbocycles. The van der Waals surface area contributed by atoms with Gasteiger partial charge in [-0.05, 0) is 24.6 Å². The third kappa shape index (κ3) is 3.82. The number of amides is 1. The van der Waals surface area contributed by atoms with Crippen LogP contribution < -0.4 is 21.3 Å². The van der Waals surface area contributed by atoms with Crippen molar-refractivity contribution in [3.05, 3.63) is 86.4 Å². The van der Waals surface area contributed by atoms with Crippen LogP contribution in [0.2, 0.25) is 0 Å². The predicted octanol–water partition coefficient (Wildman–Crippen LogP) is 1.18. The van der Waals surface area contributed by atoms with E-state index in [1.165, 1.54) is 4.57 Å². The van der Waals surface area contributed by atoms with Gasteiger partial charge in [0.1, 0.15) is 6.54 Å². The molecule has 3 aromatic rings. The molecule has 0 bridgehead atoms. The molecule has 0 saturated heterocycles. The van der Waals surface area contributed by atoms with Gasteiger partial charge in [0.2, 0.25) is 11.9 Å². The van der Waals surface area contributed by atoms with E-state index in [9.17, 15) is 14.4 Å². The summed E-state index contributed by atoms with van der Waals surface area (Å²) in [6.45, 7) is 2.95. The Bertz CT molecular complexity index is 1150. The molecule has 1 amide bonds. The molecule has 1 N–H and O–H groups in total. The summed E-state index contributed by atoms with van der Waals surface area (Å²) in [6.07, 6.45) is 0. The molecule has 8 nitrogen and oxygen atoms in total. The average Bonchev–Trinajstić information content (AvgIpc) is 3.15. The first kappa shape index (κ1) is 18.7. The fraction of sp³-hybridized carbons (Fsp3) is 0.238. The van der Waals surface area contributed by atoms with Crippen LogP contribution in [-0.4, -0.2) is 26.8 Å². The van der Waals surface area contributed by atoms with E-state index in [0.29, 0.717) is 25.6 Å². The van der Waals surface area contributed by atoms with Gasteiger partial charge in [-0.3, -0.25) is 19.0 Å². The number of benzene rings is 2. The molecule has 0 spiro atoms. The van der Waals surface area contributed by atoms with Crippen molar-refractivity contribution in [2.75, 3.05) is 11.4 Å². The van der Waals surface area contributed by atoms with Gasteiger partial charge in [0, 0.05) is 25.3 Å². The van der Waals surface area contributed by atoms with Gasteiger partial charge < -0.3 is 10.2 Å². The summed E-state index contributed by atoms with van der Waals surface area (Å²) in [5, 5.41) is 7.07. The Kier molecular flexibility index (Phi) is 4.99. The maximum absolute atomic E-state index is 12.5. The second kappa shape index (κ2) is 7.75. The molecule has 0 radical (unpaired) electrons. The molecule has 1 aliphatic heterocycles. The molecule has 0 aliphatic carbocycles. The van der Waals surface area contributed by atoms with Crippen LogP contribution in [0.5, 0.6) is 0 Å². The largest absolute Gasteiger partial charge is 0.350 e. The first-order chi connectivity index (χ1) is 14.0. The van der Waals surface area contributed by atoms with E-state index in [0.717, 1.165) is 21.5 Å². The van der Waals surface area contributed by atoms with E-state index in [1.807, 2.05) is 66.4 Å². The Morgan fingerprint density at radius 1 is 1.00 bits per heavy atom. The fourth-order valence-electron chi connectivity index (χ4n) is 3.29. The summed E-state index contributed by atoms with van der Waals surface area (Å²) in [5.41, 5.74) is 1.49. The average molecular weight is 391 g/mol. The van der Waals surface area contributed by atoms with E-state index >= 15 is 0 Å². The Labute approximate surface area is 167 Å². The van der Waals surface area contributed by atoms with Crippen LogP contribution in [0.4, 0.5) is 11.6 Å². The molecule has 0 unspecified atom stereocenters. The van der Waals surface area contributed by atoms with Gasteiger partial charge in [0.05, 0.1) is 0 Å². The Balaban J connectivity index is 1.57. The minimum atomic E-state index is -0.797. The maximum Gasteiger partial charge on any atom is 0.333 e. The van der Waals surface area contributed by atoms with Gasteiger partial charge in [-0.2, -0.15) is 0 Å². The van der Waals surface area contributed by atoms with E-state index in [2.05, 4.69) is 10.4 Å². The molecule has 148 valence electrons. The zero-order valence-electron chi connectivity index (χ0n) is 16.0. The van der Waals surface area contributed by atoms with E-state index in [-0.39, 0.29) is 12.5 Å². The molecule has 0 atom stereocenters. The number of carbonyl (C=O) groups excluding carboxylic acids is 1. The summed E-state index contributed by atoms with van der Waals surface area (Å²) in [7, 11) is 0. The number of anilines is 2. The lowest BCUT2D eigenvalue weighted by atomic mass is 10.2. The van der Waals surface area contributed by atoms with Crippen molar-refractivity contribution >= 4 is 17.5 Å². The van der Waals surface area contributed by atoms with Gasteiger partial charge in [0.25, 0.3) is 0 Å². The van der Waals surface area contributed by atoms with Gasteiger partial charge in [-0.15, -0.1) is 5.10 Å². The summed E-state index contributed by atoms with van der Waals surface area (Å²) >= 11 is 0. The number of nitrogens with zero attached hydrogens (tertiary/aromatic N) is 4. The number of fused-ring (bicyclic) bond motifs is 1. The van der Waals surface area contributed by atoms with Crippen LogP contribution in [0, 0.1) is 6.92 Å². The summed E-state index contributed by atoms with van der Waals surface area (Å²) in [6, 6.07) is 17.3. The van der Waals surface area contributed by atoms with E-state index in [1.54, 1.807) is 0 Å². The van der Waals surface area contributed by atoms with E-state index in [4.69, 9.17) is 0 Å². The first-order valence-electron chi connectivity index (χ1n) is 9.40. The Morgan fingerprint density at radius 2 is 1.72 bits per heavy atom. The van der Waals surface area contributed by atoms with Crippen LogP contribution in [0.3, 0.4) is 0 Å². The van der Waals surface area contributed by atoms with Crippen molar-refractivity contribution in [2.45, 2.75) is 26.6 Å². The summed E-state index contributed by atoms with van der Waals surface area (Å²) < 4.78 is 2.31. The molecule has 2 heterocycles. The number of carbonyl (C=O) groups is 1. The molecule has 1 aliphatic rings.